The molecule has 3 aromatic carbocycles. The van der Waals surface area contributed by atoms with Crippen LogP contribution in [0.15, 0.2) is 71.2 Å². The fraction of sp³-hybridized carbons (Fsp3) is 0.567. The number of hydrogen-bond donors (Lipinski definition) is 2. The van der Waals surface area contributed by atoms with Gasteiger partial charge in [-0.2, -0.15) is 29.9 Å². The average Bonchev–Trinajstić information content (AvgIpc) is 1.62. The van der Waals surface area contributed by atoms with Gasteiger partial charge < -0.3 is 94.9 Å². The first-order valence-corrected chi connectivity index (χ1v) is 66.5. The number of carbonyl (C=O) groups excluding carboxylic acids is 1. The zero-order valence-electron chi connectivity index (χ0n) is 84.1. The summed E-state index contributed by atoms with van der Waals surface area (Å²) in [5, 5.41) is 19.2. The number of aliphatic hydroxyl groups is 1. The van der Waals surface area contributed by atoms with Gasteiger partial charge in [-0.25, -0.2) is 35.9 Å². The molecule has 15 rings (SSSR count). The highest BCUT2D eigenvalue weighted by atomic mass is 79.9. The molecule has 0 spiro atoms. The fourth-order valence-electron chi connectivity index (χ4n) is 15.4. The van der Waals surface area contributed by atoms with Gasteiger partial charge in [0.05, 0.1) is 75.1 Å². The molecule has 6 saturated heterocycles. The van der Waals surface area contributed by atoms with Gasteiger partial charge in [-0.1, -0.05) is 165 Å². The Morgan fingerprint density at radius 1 is 0.441 bits per heavy atom. The summed E-state index contributed by atoms with van der Waals surface area (Å²) < 4.78 is 203. The lowest BCUT2D eigenvalue weighted by Crippen LogP contribution is -2.47. The van der Waals surface area contributed by atoms with E-state index < -0.39 is 144 Å². The van der Waals surface area contributed by atoms with Crippen LogP contribution in [0.1, 0.15) is 89.1 Å². The van der Waals surface area contributed by atoms with Crippen molar-refractivity contribution < 1.29 is 131 Å². The number of halogens is 10. The van der Waals surface area contributed by atoms with E-state index in [0.717, 1.165) is 73.5 Å². The van der Waals surface area contributed by atoms with Crippen molar-refractivity contribution in [2.45, 2.75) is 288 Å². The zero-order valence-corrected chi connectivity index (χ0v) is 93.0. The number of aliphatic hydroxyl groups excluding tert-OH is 1. The number of unbranched alkanes of at least 4 members (excludes halogenated alkanes) is 1. The summed E-state index contributed by atoms with van der Waals surface area (Å²) >= 11 is 22.6. The summed E-state index contributed by atoms with van der Waals surface area (Å²) in [6.07, 6.45) is 1.14. The van der Waals surface area contributed by atoms with Crippen molar-refractivity contribution in [3.63, 3.8) is 0 Å². The molecular weight excluding hydrogens is 2080 g/mol. The van der Waals surface area contributed by atoms with Crippen LogP contribution in [0.2, 0.25) is 128 Å². The molecule has 6 aliphatic rings. The van der Waals surface area contributed by atoms with Gasteiger partial charge in [-0.3, -0.25) is 13.7 Å². The number of ether oxygens (including phenoxy) is 16. The van der Waals surface area contributed by atoms with E-state index >= 15 is 8.78 Å². The summed E-state index contributed by atoms with van der Waals surface area (Å²) in [7, 11) is -8.20. The molecule has 31 nitrogen and oxygen atoms in total. The van der Waals surface area contributed by atoms with Crippen molar-refractivity contribution in [1.82, 2.24) is 43.6 Å². The van der Waals surface area contributed by atoms with Crippen molar-refractivity contribution in [2.75, 3.05) is 66.1 Å². The van der Waals surface area contributed by atoms with E-state index in [-0.39, 0.29) is 176 Å². The van der Waals surface area contributed by atoms with Crippen LogP contribution in [0.25, 0.3) is 45.6 Å². The van der Waals surface area contributed by atoms with Crippen LogP contribution in [0.4, 0.5) is 26.3 Å². The van der Waals surface area contributed by atoms with E-state index in [1.807, 2.05) is 6.92 Å². The number of carboxylic acids is 1. The normalized spacial score (nSPS) is 21.5. The van der Waals surface area contributed by atoms with Crippen LogP contribution in [-0.2, 0) is 106 Å². The molecule has 6 fully saturated rings. The molecule has 2 N–H and O–H groups in total. The fourth-order valence-corrected chi connectivity index (χ4v) is 21.3. The number of carbonyl (C=O) groups is 2. The molecule has 9 aromatic rings. The van der Waals surface area contributed by atoms with Crippen LogP contribution in [0.5, 0.6) is 35.7 Å². The van der Waals surface area contributed by atoms with Gasteiger partial charge in [0.2, 0.25) is 17.6 Å². The SMILES string of the molecule is CC(C)(C)[Si](C)(C)O[C@@H]1CO[C@H]2[C@@H]1OC[C@H]2Oc1nc2cc(Cl)c(OCc3c(F)cc(Br)cc3F)nc2n1COCC[Si](C)(C)C.CCCCOC(=O)/C=C/c1cc(F)c(COc2nc3c(cc2Cl)nc(O[C@@H]2CO[C@H]4[C@@H]2OC[C@H]4O[Si](C)(C)C(C)(C)C)n3COCC[Si](C)(C)C)c(F)c1.C[Si](C)(C)CCOCn1c(O[C@@H]2CO[C@H]3[C@@H]2OC[C@H]3O)nc2cc(Cl)c(OCc3c(F)cc(/C=C/C(=O)O)cc3F)nc21. The van der Waals surface area contributed by atoms with Gasteiger partial charge in [0.25, 0.3) is 0 Å². The van der Waals surface area contributed by atoms with Gasteiger partial charge in [-0.05, 0) is 139 Å². The maximum atomic E-state index is 15.1. The van der Waals surface area contributed by atoms with Crippen LogP contribution in [-0.4, -0.2) is 246 Å². The molecule has 46 heteroatoms. The lowest BCUT2D eigenvalue weighted by Gasteiger charge is -2.39. The van der Waals surface area contributed by atoms with Crippen LogP contribution >= 0.6 is 50.7 Å². The number of hydrogen-bond acceptors (Lipinski definition) is 27. The lowest BCUT2D eigenvalue weighted by atomic mass is 10.1. The van der Waals surface area contributed by atoms with E-state index in [1.54, 1.807) is 25.8 Å². The Kier molecular flexibility index (Phi) is 37.3. The highest BCUT2D eigenvalue weighted by Crippen LogP contribution is 2.45. The second kappa shape index (κ2) is 47.4. The number of imidazole rings is 3. The molecule has 0 radical (unpaired) electrons. The Bertz CT molecular complexity index is 5980. The quantitative estimate of drug-likeness (QED) is 0.0118. The number of esters is 1. The average molecular weight is 2210 g/mol. The Labute approximate surface area is 856 Å². The number of carboxylic acid groups (broad SMARTS) is 1. The van der Waals surface area contributed by atoms with Gasteiger partial charge in [0.1, 0.15) is 149 Å². The first-order valence-electron chi connectivity index (χ1n) is 47.6. The molecule has 784 valence electrons. The van der Waals surface area contributed by atoms with Crippen molar-refractivity contribution in [1.29, 1.82) is 0 Å². The van der Waals surface area contributed by atoms with E-state index in [0.29, 0.717) is 73.1 Å². The summed E-state index contributed by atoms with van der Waals surface area (Å²) in [5.41, 5.74) is 1.54. The number of aromatic nitrogens is 9. The summed E-state index contributed by atoms with van der Waals surface area (Å²) in [6, 6.07) is 14.7. The summed E-state index contributed by atoms with van der Waals surface area (Å²) in [6.45, 7) is 46.8. The molecule has 0 bridgehead atoms. The highest BCUT2D eigenvalue weighted by Gasteiger charge is 2.55. The Hall–Kier alpha value is -7.73. The number of rotatable bonds is 41. The van der Waals surface area contributed by atoms with Gasteiger partial charge in [-0.15, -0.1) is 0 Å². The summed E-state index contributed by atoms with van der Waals surface area (Å²) in [4.78, 5) is 50.3. The van der Waals surface area contributed by atoms with E-state index in [9.17, 15) is 32.3 Å². The molecule has 12 heterocycles. The predicted molar refractivity (Wildman–Crippen MR) is 543 cm³/mol. The van der Waals surface area contributed by atoms with E-state index in [2.05, 4.69) is 163 Å². The molecule has 12 atom stereocenters. The molecule has 143 heavy (non-hydrogen) atoms. The number of nitrogens with zero attached hydrogens (tertiary/aromatic N) is 9. The topological polar surface area (TPSA) is 333 Å². The Morgan fingerprint density at radius 3 is 1.06 bits per heavy atom. The number of pyridine rings is 3. The monoisotopic (exact) mass is 2210 g/mol. The van der Waals surface area contributed by atoms with Crippen molar-refractivity contribution in [3.05, 3.63) is 149 Å². The molecule has 0 amide bonds. The van der Waals surface area contributed by atoms with E-state index in [1.165, 1.54) is 24.3 Å². The maximum Gasteiger partial charge on any atom is 0.330 e. The Balaban J connectivity index is 0.000000181. The molecule has 6 aliphatic heterocycles. The molecular formula is C97H129BrCl3F6N9O22Si5. The minimum absolute atomic E-state index is 0.000283. The molecule has 0 aliphatic carbocycles. The summed E-state index contributed by atoms with van der Waals surface area (Å²) in [5.74, 6) is -7.02. The van der Waals surface area contributed by atoms with Crippen LogP contribution < -0.4 is 28.4 Å². The minimum atomic E-state index is -2.07. The van der Waals surface area contributed by atoms with Gasteiger partial charge in [0, 0.05) is 60.7 Å². The molecule has 0 unspecified atom stereocenters. The molecule has 6 aromatic heterocycles. The smallest absolute Gasteiger partial charge is 0.330 e. The maximum absolute atomic E-state index is 15.1. The largest absolute Gasteiger partial charge is 0.478 e. The lowest BCUT2D eigenvalue weighted by molar-refractivity contribution is -0.137. The second-order valence-corrected chi connectivity index (χ2v) is 71.2. The first-order chi connectivity index (χ1) is 67.2. The third-order valence-corrected chi connectivity index (χ3v) is 41.1. The first kappa shape index (κ1) is 112. The third kappa shape index (κ3) is 29.1. The van der Waals surface area contributed by atoms with Crippen molar-refractivity contribution >= 4 is 149 Å². The van der Waals surface area contributed by atoms with E-state index in [4.69, 9.17) is 135 Å². The standard InChI is InChI=1S/C38H54ClF2N3O8Si2.C31H43BrClF2N3O6Si2.C28H32ClF2N3O8Si/c1-10-11-14-47-32(45)13-12-24-17-27(40)25(28(41)18-24)20-50-36-26(39)19-29-35(43-36)44(23-46-15-16-53(5,6)7)37(42-29)51-30-21-48-34-31(22-49-33(30)34)52-54(8,9)38(2,3)4;1-31(2,3)46(7,8)44-25-16-41-26-24(15-40-27(25)26)43-30-36-23-13-20(33)29(42-14-19-21(34)11-18(32)12-22(19)35)37-28(23)38(30)17-39-9-10-45(4,5)6;1-43(2,3)7-6-38-14-34-26-20(32-28(34)42-22-13-40-24-21(35)12-39-25(22)24)10-17(29)27(33-26)41-11-16-18(30)8-15(9-19(16)31)4-5-23(36)37/h12-13,17-19,30-31,33-34H,10-11,14-16,20-23H2,1-9H3;11-13,24-27H,9-10,14-17H2,1-8H3;4-5,8-10,21-22,24-25,35H,6-7,11-14H2,1-3H3,(H,36,37)/b13-12+;;5-4+/t30-,31-,33-,34-;24-,25-,26-,27-;21-,22-,24-,25-/m111/s1. The van der Waals surface area contributed by atoms with Gasteiger partial charge >= 0.3 is 30.0 Å². The van der Waals surface area contributed by atoms with Crippen LogP contribution in [0.3, 0.4) is 0 Å². The van der Waals surface area contributed by atoms with Gasteiger partial charge in [0.15, 0.2) is 51.9 Å². The second-order valence-electron chi connectivity index (χ2n) is 42.7. The number of aliphatic carboxylic acids is 1. The number of fused-ring (bicyclic) bond motifs is 6. The number of benzene rings is 3. The minimum Gasteiger partial charge on any atom is -0.478 e. The Morgan fingerprint density at radius 2 is 0.741 bits per heavy atom. The van der Waals surface area contributed by atoms with Crippen molar-refractivity contribution in [3.8, 4) is 35.7 Å². The highest BCUT2D eigenvalue weighted by molar-refractivity contribution is 9.10. The zero-order chi connectivity index (χ0) is 104. The van der Waals surface area contributed by atoms with Crippen molar-refractivity contribution in [2.24, 2.45) is 0 Å². The predicted octanol–water partition coefficient (Wildman–Crippen LogP) is 20.8. The molecule has 0 saturated carbocycles. The van der Waals surface area contributed by atoms with Crippen LogP contribution in [0, 0.1) is 34.9 Å². The third-order valence-electron chi connectivity index (χ3n) is 25.7.